The summed E-state index contributed by atoms with van der Waals surface area (Å²) in [6, 6.07) is 7.70. The van der Waals surface area contributed by atoms with Gasteiger partial charge in [-0.15, -0.1) is 0 Å². The SMILES string of the molecule is CCCCCOC(=O)CCCCCCCCC(=O)Oc1cccc(CC)c1. The monoisotopic (exact) mass is 376 g/mol. The van der Waals surface area contributed by atoms with Crippen LogP contribution in [0.3, 0.4) is 0 Å². The smallest absolute Gasteiger partial charge is 0.311 e. The first-order chi connectivity index (χ1) is 13.2. The third-order valence-corrected chi connectivity index (χ3v) is 4.56. The molecule has 0 aromatic heterocycles. The van der Waals surface area contributed by atoms with E-state index in [2.05, 4.69) is 13.8 Å². The molecule has 4 heteroatoms. The molecular weight excluding hydrogens is 340 g/mol. The van der Waals surface area contributed by atoms with Crippen molar-refractivity contribution in [2.24, 2.45) is 0 Å². The van der Waals surface area contributed by atoms with Gasteiger partial charge in [0.2, 0.25) is 0 Å². The molecule has 4 nitrogen and oxygen atoms in total. The molecule has 0 saturated carbocycles. The lowest BCUT2D eigenvalue weighted by atomic mass is 10.1. The van der Waals surface area contributed by atoms with E-state index in [4.69, 9.17) is 9.47 Å². The Bertz CT molecular complexity index is 539. The zero-order valence-electron chi connectivity index (χ0n) is 17.1. The molecule has 0 atom stereocenters. The molecule has 0 aliphatic rings. The minimum absolute atomic E-state index is 0.0685. The van der Waals surface area contributed by atoms with E-state index in [1.165, 1.54) is 5.56 Å². The lowest BCUT2D eigenvalue weighted by Crippen LogP contribution is -2.07. The van der Waals surface area contributed by atoms with Crippen molar-refractivity contribution in [2.45, 2.75) is 90.9 Å². The number of hydrogen-bond acceptors (Lipinski definition) is 4. The van der Waals surface area contributed by atoms with Crippen LogP contribution in [-0.2, 0) is 20.7 Å². The normalized spacial score (nSPS) is 10.6. The Balaban J connectivity index is 1.96. The summed E-state index contributed by atoms with van der Waals surface area (Å²) < 4.78 is 10.6. The van der Waals surface area contributed by atoms with Crippen LogP contribution in [0.1, 0.15) is 90.0 Å². The minimum Gasteiger partial charge on any atom is -0.466 e. The van der Waals surface area contributed by atoms with Crippen molar-refractivity contribution in [2.75, 3.05) is 6.61 Å². The Labute approximate surface area is 164 Å². The van der Waals surface area contributed by atoms with Crippen LogP contribution in [0.5, 0.6) is 5.75 Å². The maximum atomic E-state index is 11.9. The summed E-state index contributed by atoms with van der Waals surface area (Å²) in [7, 11) is 0. The molecule has 0 spiro atoms. The Morgan fingerprint density at radius 1 is 0.815 bits per heavy atom. The topological polar surface area (TPSA) is 52.6 Å². The Morgan fingerprint density at radius 3 is 2.15 bits per heavy atom. The highest BCUT2D eigenvalue weighted by molar-refractivity contribution is 5.72. The fourth-order valence-electron chi connectivity index (χ4n) is 2.87. The average molecular weight is 377 g/mol. The predicted octanol–water partition coefficient (Wildman–Crippen LogP) is 6.01. The Kier molecular flexibility index (Phi) is 13.1. The molecule has 0 fully saturated rings. The fraction of sp³-hybridized carbons (Fsp3) is 0.652. The first-order valence-corrected chi connectivity index (χ1v) is 10.6. The molecule has 0 bridgehead atoms. The highest BCUT2D eigenvalue weighted by Gasteiger charge is 2.06. The van der Waals surface area contributed by atoms with Gasteiger partial charge in [-0.3, -0.25) is 9.59 Å². The van der Waals surface area contributed by atoms with Crippen LogP contribution in [0.25, 0.3) is 0 Å². The van der Waals surface area contributed by atoms with E-state index < -0.39 is 0 Å². The van der Waals surface area contributed by atoms with Gasteiger partial charge in [0.25, 0.3) is 0 Å². The second-order valence-corrected chi connectivity index (χ2v) is 7.02. The number of hydrogen-bond donors (Lipinski definition) is 0. The van der Waals surface area contributed by atoms with Crippen molar-refractivity contribution in [3.63, 3.8) is 0 Å². The molecule has 0 radical (unpaired) electrons. The number of rotatable bonds is 15. The number of ether oxygens (including phenoxy) is 2. The highest BCUT2D eigenvalue weighted by Crippen LogP contribution is 2.15. The van der Waals surface area contributed by atoms with Crippen LogP contribution < -0.4 is 4.74 Å². The van der Waals surface area contributed by atoms with Gasteiger partial charge in [0, 0.05) is 12.8 Å². The van der Waals surface area contributed by atoms with Crippen molar-refractivity contribution in [1.29, 1.82) is 0 Å². The summed E-state index contributed by atoms with van der Waals surface area (Å²) >= 11 is 0. The summed E-state index contributed by atoms with van der Waals surface area (Å²) in [5.41, 5.74) is 1.17. The van der Waals surface area contributed by atoms with Gasteiger partial charge in [0.05, 0.1) is 6.61 Å². The fourth-order valence-corrected chi connectivity index (χ4v) is 2.87. The first kappa shape index (κ1) is 23.2. The molecule has 0 aliphatic carbocycles. The van der Waals surface area contributed by atoms with E-state index in [1.807, 2.05) is 24.3 Å². The van der Waals surface area contributed by atoms with Gasteiger partial charge in [0.15, 0.2) is 0 Å². The van der Waals surface area contributed by atoms with Gasteiger partial charge in [-0.25, -0.2) is 0 Å². The van der Waals surface area contributed by atoms with Gasteiger partial charge in [0.1, 0.15) is 5.75 Å². The van der Waals surface area contributed by atoms with Crippen LogP contribution in [0.4, 0.5) is 0 Å². The summed E-state index contributed by atoms with van der Waals surface area (Å²) in [6.45, 7) is 4.78. The van der Waals surface area contributed by atoms with Crippen molar-refractivity contribution in [1.82, 2.24) is 0 Å². The predicted molar refractivity (Wildman–Crippen MR) is 109 cm³/mol. The molecule has 0 saturated heterocycles. The van der Waals surface area contributed by atoms with Gasteiger partial charge in [-0.05, 0) is 43.4 Å². The number of benzene rings is 1. The first-order valence-electron chi connectivity index (χ1n) is 10.6. The van der Waals surface area contributed by atoms with Crippen LogP contribution in [-0.4, -0.2) is 18.5 Å². The molecule has 0 amide bonds. The van der Waals surface area contributed by atoms with E-state index in [1.54, 1.807) is 0 Å². The number of carbonyl (C=O) groups is 2. The van der Waals surface area contributed by atoms with E-state index in [9.17, 15) is 9.59 Å². The van der Waals surface area contributed by atoms with Crippen LogP contribution in [0, 0.1) is 0 Å². The summed E-state index contributed by atoms with van der Waals surface area (Å²) in [6.07, 6.45) is 11.1. The average Bonchev–Trinajstić information content (AvgIpc) is 2.67. The third-order valence-electron chi connectivity index (χ3n) is 4.56. The highest BCUT2D eigenvalue weighted by atomic mass is 16.5. The molecule has 0 aliphatic heterocycles. The number of carbonyl (C=O) groups excluding carboxylic acids is 2. The molecule has 0 unspecified atom stereocenters. The largest absolute Gasteiger partial charge is 0.466 e. The van der Waals surface area contributed by atoms with Crippen LogP contribution in [0.2, 0.25) is 0 Å². The molecule has 1 rings (SSSR count). The van der Waals surface area contributed by atoms with Gasteiger partial charge in [-0.1, -0.05) is 64.5 Å². The number of esters is 2. The lowest BCUT2D eigenvalue weighted by Gasteiger charge is -2.06. The summed E-state index contributed by atoms with van der Waals surface area (Å²) in [5.74, 6) is 0.413. The molecular formula is C23H36O4. The maximum absolute atomic E-state index is 11.9. The standard InChI is InChI=1S/C23H36O4/c1-3-5-12-18-26-22(24)16-10-8-6-7-9-11-17-23(25)27-21-15-13-14-20(4-2)19-21/h13-15,19H,3-12,16-18H2,1-2H3. The third kappa shape index (κ3) is 12.2. The van der Waals surface area contributed by atoms with Gasteiger partial charge in [-0.2, -0.15) is 0 Å². The van der Waals surface area contributed by atoms with E-state index in [0.29, 0.717) is 25.2 Å². The summed E-state index contributed by atoms with van der Waals surface area (Å²) in [5, 5.41) is 0. The Morgan fingerprint density at radius 2 is 1.48 bits per heavy atom. The summed E-state index contributed by atoms with van der Waals surface area (Å²) in [4.78, 5) is 23.4. The molecule has 1 aromatic rings. The van der Waals surface area contributed by atoms with E-state index >= 15 is 0 Å². The van der Waals surface area contributed by atoms with Crippen molar-refractivity contribution >= 4 is 11.9 Å². The van der Waals surface area contributed by atoms with E-state index in [0.717, 1.165) is 64.2 Å². The second-order valence-electron chi connectivity index (χ2n) is 7.02. The quantitative estimate of drug-likeness (QED) is 0.214. The van der Waals surface area contributed by atoms with Crippen molar-refractivity contribution < 1.29 is 19.1 Å². The van der Waals surface area contributed by atoms with Gasteiger partial charge >= 0.3 is 11.9 Å². The number of unbranched alkanes of at least 4 members (excludes halogenated alkanes) is 7. The van der Waals surface area contributed by atoms with E-state index in [-0.39, 0.29) is 11.9 Å². The Hall–Kier alpha value is -1.84. The van der Waals surface area contributed by atoms with Crippen molar-refractivity contribution in [3.8, 4) is 5.75 Å². The molecule has 27 heavy (non-hydrogen) atoms. The van der Waals surface area contributed by atoms with Crippen LogP contribution >= 0.6 is 0 Å². The molecule has 0 heterocycles. The minimum atomic E-state index is -0.158. The van der Waals surface area contributed by atoms with Gasteiger partial charge < -0.3 is 9.47 Å². The lowest BCUT2D eigenvalue weighted by molar-refractivity contribution is -0.144. The van der Waals surface area contributed by atoms with Crippen molar-refractivity contribution in [3.05, 3.63) is 29.8 Å². The maximum Gasteiger partial charge on any atom is 0.311 e. The molecule has 0 N–H and O–H groups in total. The molecule has 1 aromatic carbocycles. The zero-order valence-corrected chi connectivity index (χ0v) is 17.1. The zero-order chi connectivity index (χ0) is 19.7. The van der Waals surface area contributed by atoms with Crippen LogP contribution in [0.15, 0.2) is 24.3 Å². The molecule has 152 valence electrons. The second kappa shape index (κ2) is 15.2. The number of aryl methyl sites for hydroxylation is 1.